The van der Waals surface area contributed by atoms with Crippen molar-refractivity contribution in [2.75, 3.05) is 72.4 Å². The predicted octanol–water partition coefficient (Wildman–Crippen LogP) is -1.23. The Balaban J connectivity index is 1.18. The molecule has 13 atom stereocenters. The van der Waals surface area contributed by atoms with Crippen molar-refractivity contribution in [3.8, 4) is 5.75 Å². The lowest BCUT2D eigenvalue weighted by molar-refractivity contribution is -0.149. The number of nitrogens with zero attached hydrogens (tertiary/aromatic N) is 6. The molecule has 0 unspecified atom stereocenters. The lowest BCUT2D eigenvalue weighted by Crippen LogP contribution is -2.61. The molecule has 0 bridgehead atoms. The lowest BCUT2D eigenvalue weighted by Gasteiger charge is -2.36. The molecule has 0 saturated carbocycles. The molecule has 2 aliphatic rings. The number of aromatic amines is 3. The monoisotopic (exact) mass is 1900 g/mol. The Kier molecular flexibility index (Phi) is 39.7. The lowest BCUT2D eigenvalue weighted by atomic mass is 9.99. The van der Waals surface area contributed by atoms with Gasteiger partial charge in [0.05, 0.1) is 36.1 Å². The number of aromatic nitrogens is 4. The Hall–Kier alpha value is -12.5. The molecule has 41 nitrogen and oxygen atoms in total. The van der Waals surface area contributed by atoms with Crippen molar-refractivity contribution in [2.24, 2.45) is 28.9 Å². The van der Waals surface area contributed by atoms with Crippen molar-refractivity contribution in [3.63, 3.8) is 0 Å². The molecule has 0 radical (unpaired) electrons. The maximum Gasteiger partial charge on any atom is 0.246 e. The average molecular weight is 1900 g/mol. The van der Waals surface area contributed by atoms with Gasteiger partial charge in [0, 0.05) is 112 Å². The number of carbonyl (C=O) groups excluding carboxylic acids is 17. The third-order valence-corrected chi connectivity index (χ3v) is 24.7. The van der Waals surface area contributed by atoms with Crippen molar-refractivity contribution < 1.29 is 86.6 Å². The Bertz CT molecular complexity index is 5050. The molecule has 2 saturated heterocycles. The minimum absolute atomic E-state index is 0.00931. The standard InChI is InChI=1S/C88H124BrN23O18S/c1-10-12-23-68-82(124)102-60(29-31-91)79(121)107-67(77(119)97-43-73(93)115)45-131-46-75(117)100-64(35-50-26-27-71(113)56(89)34-50)85(127)109(7)49(5)76(118)104-66(39-72(92)114)87(129)112-32-18-25-69(112)83(125)103-62(38-53-42-94-47-98-53)81(123)105-63(33-48(3)4)84(126)108(6)44-74(116)99-61(36-51-40-95-57-21-16-14-19-54(51)57)80(122)101-59(28-30-90)78(120)106-65(37-52-41-96-58-22-17-15-20-55(52)58)86(128)111(9)70(24-13-11-2)88(130)110(68)8/h14-17,19-22,26-27,34,40-42,47-49,59-70,95-96,113H,10-13,18,23-25,28-33,35-39,43-46,90-91H2,1-9H3,(H2,92,114)(H2,93,115)(H,94,98)(H,97,119)(H,99,116)(H,100,117)(H,101,122)(H,102,124)(H,103,125)(H,104,118)(H,105,123)(H,106,120)(H,107,121)/t49-,59-,60-,61-,62-,63-,64-,65-,66-,67-,68-,69-,70-/m0/s1. The summed E-state index contributed by atoms with van der Waals surface area (Å²) in [5.74, 6) is -16.6. The van der Waals surface area contributed by atoms with Gasteiger partial charge in [0.25, 0.3) is 0 Å². The summed E-state index contributed by atoms with van der Waals surface area (Å²) in [4.78, 5) is 267. The van der Waals surface area contributed by atoms with Gasteiger partial charge in [-0.05, 0) is 128 Å². The average Bonchev–Trinajstić information content (AvgIpc) is 1.59. The van der Waals surface area contributed by atoms with Crippen molar-refractivity contribution in [1.29, 1.82) is 0 Å². The van der Waals surface area contributed by atoms with Crippen molar-refractivity contribution >= 4 is 150 Å². The Morgan fingerprint density at radius 1 is 0.557 bits per heavy atom. The first-order chi connectivity index (χ1) is 62.4. The molecule has 3 aromatic heterocycles. The number of imidazole rings is 1. The van der Waals surface area contributed by atoms with Crippen LogP contribution in [0.4, 0.5) is 0 Å². The summed E-state index contributed by atoms with van der Waals surface area (Å²) < 4.78 is 0.209. The van der Waals surface area contributed by atoms with Crippen LogP contribution in [0, 0.1) is 5.92 Å². The van der Waals surface area contributed by atoms with Gasteiger partial charge < -0.3 is 121 Å². The molecule has 5 heterocycles. The summed E-state index contributed by atoms with van der Waals surface area (Å²) in [5, 5.41) is 38.5. The zero-order valence-corrected chi connectivity index (χ0v) is 77.6. The second-order valence-electron chi connectivity index (χ2n) is 33.4. The molecule has 131 heavy (non-hydrogen) atoms. The Morgan fingerprint density at radius 3 is 1.66 bits per heavy atom. The van der Waals surface area contributed by atoms with Gasteiger partial charge in [0.2, 0.25) is 100 Å². The van der Waals surface area contributed by atoms with Gasteiger partial charge in [-0.15, -0.1) is 11.8 Å². The van der Waals surface area contributed by atoms with E-state index in [1.54, 1.807) is 62.6 Å². The number of phenolic OH excluding ortho intramolecular Hbond substituents is 1. The Morgan fingerprint density at radius 2 is 1.08 bits per heavy atom. The molecule has 8 rings (SSSR count). The number of fused-ring (bicyclic) bond motifs is 3. The van der Waals surface area contributed by atoms with Gasteiger partial charge in [-0.2, -0.15) is 0 Å². The van der Waals surface area contributed by atoms with E-state index in [1.807, 2.05) is 26.0 Å². The summed E-state index contributed by atoms with van der Waals surface area (Å²) in [7, 11) is 5.29. The number of primary amides is 2. The highest BCUT2D eigenvalue weighted by molar-refractivity contribution is 9.10. The third kappa shape index (κ3) is 29.5. The molecule has 6 aromatic rings. The summed E-state index contributed by atoms with van der Waals surface area (Å²) in [5.41, 5.74) is 26.7. The quantitative estimate of drug-likeness (QED) is 0.0319. The zero-order valence-electron chi connectivity index (χ0n) is 75.2. The first-order valence-corrected chi connectivity index (χ1v) is 45.8. The number of H-pyrrole nitrogens is 3. The highest BCUT2D eigenvalue weighted by Gasteiger charge is 2.44. The van der Waals surface area contributed by atoms with E-state index in [9.17, 15) is 62.6 Å². The number of thioether (sulfide) groups is 1. The molecule has 17 amide bonds. The number of rotatable bonds is 25. The number of amides is 17. The fourth-order valence-corrected chi connectivity index (χ4v) is 17.0. The van der Waals surface area contributed by atoms with Gasteiger partial charge in [-0.3, -0.25) is 81.5 Å². The van der Waals surface area contributed by atoms with E-state index in [0.29, 0.717) is 69.9 Å². The molecular formula is C88H124BrN23O18S. The van der Waals surface area contributed by atoms with Gasteiger partial charge in [0.15, 0.2) is 0 Å². The number of halogens is 1. The predicted molar refractivity (Wildman–Crippen MR) is 490 cm³/mol. The molecular weight excluding hydrogens is 1780 g/mol. The van der Waals surface area contributed by atoms with Crippen LogP contribution in [-0.2, 0) is 107 Å². The fourth-order valence-electron chi connectivity index (χ4n) is 15.7. The van der Waals surface area contributed by atoms with E-state index in [2.05, 4.69) is 89.0 Å². The second-order valence-corrected chi connectivity index (χ2v) is 35.3. The highest BCUT2D eigenvalue weighted by Crippen LogP contribution is 2.28. The van der Waals surface area contributed by atoms with E-state index in [0.717, 1.165) is 26.5 Å². The highest BCUT2D eigenvalue weighted by atomic mass is 79.9. The fraction of sp³-hybridized carbons (Fsp3) is 0.523. The summed E-state index contributed by atoms with van der Waals surface area (Å²) in [6.07, 6.45) is 5.88. The largest absolute Gasteiger partial charge is 0.507 e. The van der Waals surface area contributed by atoms with Crippen LogP contribution >= 0.6 is 27.7 Å². The number of hydrogen-bond donors (Lipinski definition) is 18. The minimum atomic E-state index is -1.76. The number of benzene rings is 3. The summed E-state index contributed by atoms with van der Waals surface area (Å²) in [6.45, 7) is 6.62. The van der Waals surface area contributed by atoms with Gasteiger partial charge in [-0.1, -0.05) is 95.8 Å². The van der Waals surface area contributed by atoms with Crippen LogP contribution in [0.2, 0.25) is 0 Å². The normalized spacial score (nSPS) is 23.7. The van der Waals surface area contributed by atoms with Crippen LogP contribution in [0.3, 0.4) is 0 Å². The van der Waals surface area contributed by atoms with Crippen molar-refractivity contribution in [3.05, 3.63) is 119 Å². The summed E-state index contributed by atoms with van der Waals surface area (Å²) in [6, 6.07) is -0.643. The number of nitrogens with two attached hydrogens (primary N) is 4. The molecule has 712 valence electrons. The first kappa shape index (κ1) is 104. The molecule has 0 spiro atoms. The Labute approximate surface area is 771 Å². The van der Waals surface area contributed by atoms with Gasteiger partial charge in [0.1, 0.15) is 84.3 Å². The first-order valence-electron chi connectivity index (χ1n) is 43.8. The van der Waals surface area contributed by atoms with Crippen molar-refractivity contribution in [1.82, 2.24) is 97.6 Å². The molecule has 43 heteroatoms. The van der Waals surface area contributed by atoms with Crippen LogP contribution in [-0.4, -0.2) is 301 Å². The number of likely N-dealkylation sites (N-methyl/N-ethyl adjacent to an activating group) is 4. The number of carbonyl (C=O) groups is 17. The van der Waals surface area contributed by atoms with E-state index >= 15 is 24.0 Å². The van der Waals surface area contributed by atoms with Crippen LogP contribution in [0.15, 0.2) is 96.1 Å². The number of hydrogen-bond acceptors (Lipinski definition) is 22. The van der Waals surface area contributed by atoms with Crippen LogP contribution in [0.1, 0.15) is 134 Å². The van der Waals surface area contributed by atoms with E-state index in [4.69, 9.17) is 22.9 Å². The number of phenols is 1. The van der Waals surface area contributed by atoms with E-state index in [1.165, 1.54) is 75.6 Å². The van der Waals surface area contributed by atoms with Gasteiger partial charge >= 0.3 is 0 Å². The maximum absolute atomic E-state index is 15.7. The minimum Gasteiger partial charge on any atom is -0.507 e. The number of nitrogens with one attached hydrogen (secondary N) is 13. The maximum atomic E-state index is 15.7. The summed E-state index contributed by atoms with van der Waals surface area (Å²) >= 11 is 4.05. The molecule has 22 N–H and O–H groups in total. The molecule has 3 aromatic carbocycles. The SMILES string of the molecule is CCCC[C@H]1C(=O)N(C)[C@@H](CCCC)C(=O)N[C@@H](CCN)C(=O)N[C@H](C(=O)NCC(N)=O)CSCC(=O)N[C@@H](Cc2ccc(O)c(Br)c2)C(=O)N(C)[C@@H](C)C(=O)N[C@@H](CC(N)=O)C(=O)N2CCC[C@H]2C(=O)N[C@@H](Cc2cnc[nH]2)C(=O)N[C@@H](CC(C)C)C(=O)N(C)CC(=O)N[C@@H](Cc2c[nH]c3ccccc23)C(=O)N[C@@H](CCN)C(=O)N[C@@H](Cc2c[nH]c3ccccc23)C(=O)N1C. The van der Waals surface area contributed by atoms with Crippen LogP contribution < -0.4 is 76.1 Å². The van der Waals surface area contributed by atoms with E-state index in [-0.39, 0.29) is 106 Å². The number of unbranched alkanes of at least 4 members (excludes halogenated alkanes) is 2. The van der Waals surface area contributed by atoms with E-state index < -0.39 is 210 Å². The third-order valence-electron chi connectivity index (χ3n) is 23.1. The number of para-hydroxylation sites is 2. The van der Waals surface area contributed by atoms with Crippen molar-refractivity contribution in [2.45, 2.75) is 216 Å². The van der Waals surface area contributed by atoms with Crippen LogP contribution in [0.5, 0.6) is 5.75 Å². The smallest absolute Gasteiger partial charge is 0.246 e. The topological polar surface area (TPSA) is 611 Å². The molecule has 2 fully saturated rings. The number of aromatic hydroxyl groups is 1. The zero-order chi connectivity index (χ0) is 96.0. The van der Waals surface area contributed by atoms with Gasteiger partial charge in [-0.25, -0.2) is 4.98 Å². The molecule has 2 aliphatic heterocycles. The molecule has 0 aliphatic carbocycles. The van der Waals surface area contributed by atoms with Crippen LogP contribution in [0.25, 0.3) is 21.8 Å². The second kappa shape index (κ2) is 50.0.